The van der Waals surface area contributed by atoms with E-state index in [2.05, 4.69) is 16.9 Å². The van der Waals surface area contributed by atoms with Crippen LogP contribution in [0.5, 0.6) is 0 Å². The summed E-state index contributed by atoms with van der Waals surface area (Å²) in [5.41, 5.74) is 2.93. The van der Waals surface area contributed by atoms with Crippen LogP contribution < -0.4 is 9.88 Å². The quantitative estimate of drug-likeness (QED) is 0.647. The molecule has 2 heterocycles. The van der Waals surface area contributed by atoms with Crippen molar-refractivity contribution in [1.82, 2.24) is 15.3 Å². The number of amides is 1. The highest BCUT2D eigenvalue weighted by Crippen LogP contribution is 2.38. The molecule has 0 spiro atoms. The summed E-state index contributed by atoms with van der Waals surface area (Å²) in [7, 11) is 3.54. The van der Waals surface area contributed by atoms with E-state index in [4.69, 9.17) is 9.72 Å². The monoisotopic (exact) mass is 343 g/mol. The number of nitrogens with one attached hydrogen (secondary N) is 2. The number of aromatic nitrogens is 3. The number of fused-ring (bicyclic) bond motifs is 1. The van der Waals surface area contributed by atoms with Crippen LogP contribution in [-0.2, 0) is 11.8 Å². The number of hydrogen-bond acceptors (Lipinski definition) is 3. The summed E-state index contributed by atoms with van der Waals surface area (Å²) >= 11 is 0. The molecule has 25 heavy (non-hydrogen) atoms. The Hall–Kier alpha value is -2.37. The van der Waals surface area contributed by atoms with E-state index in [1.165, 1.54) is 12.8 Å². The molecule has 0 radical (unpaired) electrons. The Bertz CT molecular complexity index is 828. The van der Waals surface area contributed by atoms with Crippen LogP contribution in [0.1, 0.15) is 55.6 Å². The minimum absolute atomic E-state index is 0.176. The van der Waals surface area contributed by atoms with E-state index >= 15 is 0 Å². The van der Waals surface area contributed by atoms with Gasteiger partial charge in [0.05, 0.1) is 25.9 Å². The van der Waals surface area contributed by atoms with E-state index in [1.807, 2.05) is 38.6 Å². The van der Waals surface area contributed by atoms with Crippen molar-refractivity contribution in [2.45, 2.75) is 45.6 Å². The van der Waals surface area contributed by atoms with Crippen LogP contribution in [0.2, 0.25) is 0 Å². The molecule has 0 saturated heterocycles. The first-order valence-electron chi connectivity index (χ1n) is 8.63. The van der Waals surface area contributed by atoms with E-state index in [0.29, 0.717) is 22.8 Å². The van der Waals surface area contributed by atoms with Gasteiger partial charge in [-0.15, -0.1) is 0 Å². The molecular weight excluding hydrogens is 316 g/mol. The molecule has 1 atom stereocenters. The number of aryl methyl sites for hydroxylation is 1. The number of carbonyl (C=O) groups excluding carboxylic acids is 1. The van der Waals surface area contributed by atoms with Gasteiger partial charge in [0.2, 0.25) is 0 Å². The lowest BCUT2D eigenvalue weighted by Crippen LogP contribution is -2.45. The second-order valence-corrected chi connectivity index (χ2v) is 7.89. The zero-order valence-electron chi connectivity index (χ0n) is 15.6. The molecule has 1 unspecified atom stereocenters. The van der Waals surface area contributed by atoms with Crippen LogP contribution in [0.4, 0.5) is 0 Å². The Morgan fingerprint density at radius 3 is 2.72 bits per heavy atom. The largest absolute Gasteiger partial charge is 0.500 e. The van der Waals surface area contributed by atoms with Crippen molar-refractivity contribution >= 4 is 17.1 Å². The summed E-state index contributed by atoms with van der Waals surface area (Å²) in [6, 6.07) is -0.296. The number of carbonyl (C=O) groups is 1. The molecular formula is C19H27N4O2+. The summed E-state index contributed by atoms with van der Waals surface area (Å²) in [5, 5.41) is 3.05. The van der Waals surface area contributed by atoms with E-state index in [0.717, 1.165) is 11.3 Å². The number of hydrogen-bond donors (Lipinski definition) is 2. The summed E-state index contributed by atoms with van der Waals surface area (Å²) in [6.07, 6.45) is 6.11. The first-order valence-corrected chi connectivity index (χ1v) is 8.63. The number of H-pyrrole nitrogens is 1. The third-order valence-electron chi connectivity index (χ3n) is 4.72. The lowest BCUT2D eigenvalue weighted by Gasteiger charge is -2.31. The van der Waals surface area contributed by atoms with Crippen LogP contribution in [0.3, 0.4) is 0 Å². The normalized spacial score (nSPS) is 15.9. The van der Waals surface area contributed by atoms with Crippen molar-refractivity contribution in [2.24, 2.45) is 12.5 Å². The summed E-state index contributed by atoms with van der Waals surface area (Å²) < 4.78 is 7.29. The van der Waals surface area contributed by atoms with Gasteiger partial charge in [-0.25, -0.2) is 14.5 Å². The zero-order valence-corrected chi connectivity index (χ0v) is 15.6. The second-order valence-electron chi connectivity index (χ2n) is 7.89. The minimum atomic E-state index is -0.296. The van der Waals surface area contributed by atoms with Gasteiger partial charge in [0.1, 0.15) is 23.7 Å². The molecule has 1 amide bonds. The number of nitrogens with zero attached hydrogens (tertiary/aromatic N) is 2. The first-order chi connectivity index (χ1) is 11.7. The van der Waals surface area contributed by atoms with E-state index in [1.54, 1.807) is 13.3 Å². The van der Waals surface area contributed by atoms with E-state index in [-0.39, 0.29) is 17.4 Å². The Labute approximate surface area is 148 Å². The van der Waals surface area contributed by atoms with Crippen molar-refractivity contribution in [3.05, 3.63) is 36.0 Å². The molecule has 1 aliphatic carbocycles. The average Bonchev–Trinajstić information content (AvgIpc) is 3.30. The predicted molar refractivity (Wildman–Crippen MR) is 96.1 cm³/mol. The molecule has 1 aliphatic rings. The van der Waals surface area contributed by atoms with E-state index < -0.39 is 0 Å². The molecule has 0 aliphatic heterocycles. The van der Waals surface area contributed by atoms with Crippen molar-refractivity contribution in [2.75, 3.05) is 7.11 Å². The molecule has 0 aromatic carbocycles. The van der Waals surface area contributed by atoms with Crippen LogP contribution in [0, 0.1) is 5.41 Å². The van der Waals surface area contributed by atoms with Gasteiger partial charge in [-0.1, -0.05) is 27.4 Å². The van der Waals surface area contributed by atoms with Crippen LogP contribution in [0.25, 0.3) is 11.2 Å². The molecule has 1 saturated carbocycles. The maximum absolute atomic E-state index is 12.9. The van der Waals surface area contributed by atoms with Gasteiger partial charge in [-0.05, 0) is 18.3 Å². The van der Waals surface area contributed by atoms with Crippen molar-refractivity contribution in [1.29, 1.82) is 0 Å². The maximum atomic E-state index is 12.9. The molecule has 2 aromatic rings. The highest BCUT2D eigenvalue weighted by Gasteiger charge is 2.33. The number of rotatable bonds is 5. The van der Waals surface area contributed by atoms with Gasteiger partial charge in [0.15, 0.2) is 5.52 Å². The summed E-state index contributed by atoms with van der Waals surface area (Å²) in [5.74, 6) is 0.889. The fraction of sp³-hybridized carbons (Fsp3) is 0.526. The van der Waals surface area contributed by atoms with Gasteiger partial charge in [-0.2, -0.15) is 0 Å². The molecule has 2 N–H and O–H groups in total. The summed E-state index contributed by atoms with van der Waals surface area (Å²) in [6.45, 7) is 10.1. The van der Waals surface area contributed by atoms with Gasteiger partial charge >= 0.3 is 5.65 Å². The smallest absolute Gasteiger partial charge is 0.306 e. The summed E-state index contributed by atoms with van der Waals surface area (Å²) in [4.78, 5) is 20.8. The lowest BCUT2D eigenvalue weighted by atomic mass is 9.85. The fourth-order valence-electron chi connectivity index (χ4n) is 3.06. The third kappa shape index (κ3) is 3.38. The van der Waals surface area contributed by atoms with Crippen LogP contribution >= 0.6 is 0 Å². The maximum Gasteiger partial charge on any atom is 0.306 e. The lowest BCUT2D eigenvalue weighted by molar-refractivity contribution is -0.647. The number of methoxy groups -OCH3 is 1. The predicted octanol–water partition coefficient (Wildman–Crippen LogP) is 2.57. The molecule has 1 fully saturated rings. The Kier molecular flexibility index (Phi) is 4.31. The van der Waals surface area contributed by atoms with Gasteiger partial charge in [0.25, 0.3) is 5.91 Å². The second kappa shape index (κ2) is 6.17. The zero-order chi connectivity index (χ0) is 18.4. The Morgan fingerprint density at radius 2 is 2.16 bits per heavy atom. The Balaban J connectivity index is 1.95. The minimum Gasteiger partial charge on any atom is -0.500 e. The van der Waals surface area contributed by atoms with Gasteiger partial charge in [0, 0.05) is 5.92 Å². The molecule has 0 bridgehead atoms. The highest BCUT2D eigenvalue weighted by atomic mass is 16.5. The van der Waals surface area contributed by atoms with E-state index in [9.17, 15) is 4.79 Å². The fourth-order valence-corrected chi connectivity index (χ4v) is 3.06. The third-order valence-corrected chi connectivity index (χ3v) is 4.72. The van der Waals surface area contributed by atoms with Gasteiger partial charge in [-0.3, -0.25) is 4.79 Å². The molecule has 6 nitrogen and oxygen atoms in total. The number of ether oxygens (including phenoxy) is 1. The first kappa shape index (κ1) is 17.5. The number of aromatic amines is 1. The van der Waals surface area contributed by atoms with Gasteiger partial charge < -0.3 is 10.1 Å². The molecule has 3 rings (SSSR count). The molecule has 6 heteroatoms. The standard InChI is InChI=1S/C19H26N4O2/c1-11(25-6)16(19(2,3)4)22-18(24)13-9-20-17-15(13)21-14(10-23(17)5)12-7-8-12/h9-10,12,16H,1,7-8H2,2-6H3,(H,22,24)/p+1. The molecule has 2 aromatic heterocycles. The Morgan fingerprint density at radius 1 is 1.48 bits per heavy atom. The van der Waals surface area contributed by atoms with Crippen molar-refractivity contribution in [3.63, 3.8) is 0 Å². The van der Waals surface area contributed by atoms with Crippen molar-refractivity contribution < 1.29 is 14.1 Å². The van der Waals surface area contributed by atoms with Crippen LogP contribution in [-0.4, -0.2) is 29.0 Å². The average molecular weight is 343 g/mol. The highest BCUT2D eigenvalue weighted by molar-refractivity contribution is 6.04. The topological polar surface area (TPSA) is 70.9 Å². The van der Waals surface area contributed by atoms with Crippen molar-refractivity contribution in [3.8, 4) is 0 Å². The SMILES string of the molecule is C=C(OC)C(NC(=O)c1c[nH]c2c1nc(C1CC1)c[n+]2C)C(C)(C)C. The molecule has 134 valence electrons. The van der Waals surface area contributed by atoms with Crippen LogP contribution in [0.15, 0.2) is 24.7 Å².